The van der Waals surface area contributed by atoms with Crippen LogP contribution in [0.15, 0.2) is 72.8 Å². The second kappa shape index (κ2) is 8.53. The largest absolute Gasteiger partial charge is 0.508 e. The number of benzene rings is 4. The number of phenolic OH excluding ortho intramolecular Hbond substituents is 6. The quantitative estimate of drug-likeness (QED) is 0.175. The van der Waals surface area contributed by atoms with E-state index in [4.69, 9.17) is 4.74 Å². The van der Waals surface area contributed by atoms with E-state index in [1.807, 2.05) is 6.08 Å². The maximum Gasteiger partial charge on any atom is 0.157 e. The molecule has 0 bridgehead atoms. The summed E-state index contributed by atoms with van der Waals surface area (Å²) in [6, 6.07) is 18.5. The SMILES string of the molecule is Oc1ccc(C=Cc2cc(O)c3c(c2)O[C@H](c2ccc(O)c(O)c2)[C@H]3c2cc(O)cc(O)c2)cc1. The second-order valence-corrected chi connectivity index (χ2v) is 8.42. The molecule has 176 valence electrons. The molecule has 1 aliphatic rings. The summed E-state index contributed by atoms with van der Waals surface area (Å²) < 4.78 is 6.24. The number of hydrogen-bond donors (Lipinski definition) is 6. The first kappa shape index (κ1) is 22.0. The highest BCUT2D eigenvalue weighted by molar-refractivity contribution is 5.73. The third kappa shape index (κ3) is 4.27. The molecular weight excluding hydrogens is 448 g/mol. The van der Waals surface area contributed by atoms with Gasteiger partial charge in [0, 0.05) is 11.6 Å². The number of fused-ring (bicyclic) bond motifs is 1. The van der Waals surface area contributed by atoms with Crippen molar-refractivity contribution in [1.82, 2.24) is 0 Å². The van der Waals surface area contributed by atoms with Crippen LogP contribution in [0.1, 0.15) is 39.8 Å². The Kier molecular flexibility index (Phi) is 5.37. The highest BCUT2D eigenvalue weighted by Gasteiger charge is 2.40. The maximum absolute atomic E-state index is 11.0. The van der Waals surface area contributed by atoms with Crippen molar-refractivity contribution in [1.29, 1.82) is 0 Å². The van der Waals surface area contributed by atoms with Crippen LogP contribution in [0.25, 0.3) is 12.2 Å². The summed E-state index contributed by atoms with van der Waals surface area (Å²) in [6.45, 7) is 0. The summed E-state index contributed by atoms with van der Waals surface area (Å²) in [6.07, 6.45) is 2.90. The topological polar surface area (TPSA) is 131 Å². The Labute approximate surface area is 200 Å². The minimum absolute atomic E-state index is 0.0359. The summed E-state index contributed by atoms with van der Waals surface area (Å²) in [5.74, 6) is -0.973. The van der Waals surface area contributed by atoms with Crippen LogP contribution in [0, 0.1) is 0 Å². The van der Waals surface area contributed by atoms with Crippen LogP contribution in [-0.4, -0.2) is 30.6 Å². The van der Waals surface area contributed by atoms with E-state index in [9.17, 15) is 30.6 Å². The minimum atomic E-state index is -0.722. The van der Waals surface area contributed by atoms with E-state index in [0.717, 1.165) is 5.56 Å². The van der Waals surface area contributed by atoms with E-state index >= 15 is 0 Å². The molecule has 1 aliphatic heterocycles. The van der Waals surface area contributed by atoms with Gasteiger partial charge in [-0.05, 0) is 70.8 Å². The summed E-state index contributed by atoms with van der Waals surface area (Å²) in [5.41, 5.74) is 3.02. The molecule has 0 unspecified atom stereocenters. The smallest absolute Gasteiger partial charge is 0.157 e. The summed E-state index contributed by atoms with van der Waals surface area (Å²) in [7, 11) is 0. The third-order valence-electron chi connectivity index (χ3n) is 5.98. The molecule has 0 spiro atoms. The minimum Gasteiger partial charge on any atom is -0.508 e. The van der Waals surface area contributed by atoms with Gasteiger partial charge in [-0.2, -0.15) is 0 Å². The zero-order chi connectivity index (χ0) is 24.7. The van der Waals surface area contributed by atoms with Gasteiger partial charge < -0.3 is 35.4 Å². The van der Waals surface area contributed by atoms with Gasteiger partial charge in [0.25, 0.3) is 0 Å². The third-order valence-corrected chi connectivity index (χ3v) is 5.98. The molecule has 0 saturated carbocycles. The lowest BCUT2D eigenvalue weighted by molar-refractivity contribution is 0.221. The van der Waals surface area contributed by atoms with Gasteiger partial charge >= 0.3 is 0 Å². The van der Waals surface area contributed by atoms with Crippen LogP contribution in [0.5, 0.6) is 40.2 Å². The molecule has 1 heterocycles. The standard InChI is InChI=1S/C28H22O7/c29-19-6-3-15(4-7-19)1-2-16-9-24(34)27-25(10-16)35-28(17-5-8-22(32)23(33)13-17)26(27)18-11-20(30)14-21(31)12-18/h1-14,26,28-34H/t26-,28+/m0/s1. The molecule has 0 aromatic heterocycles. The Morgan fingerprint density at radius 3 is 1.91 bits per heavy atom. The van der Waals surface area contributed by atoms with Crippen LogP contribution in [0.3, 0.4) is 0 Å². The van der Waals surface area contributed by atoms with E-state index in [0.29, 0.717) is 28.0 Å². The van der Waals surface area contributed by atoms with E-state index in [-0.39, 0.29) is 34.5 Å². The molecular formula is C28H22O7. The molecule has 5 rings (SSSR count). The molecule has 0 fully saturated rings. The maximum atomic E-state index is 11.0. The second-order valence-electron chi connectivity index (χ2n) is 8.42. The van der Waals surface area contributed by atoms with E-state index < -0.39 is 12.0 Å². The predicted molar refractivity (Wildman–Crippen MR) is 130 cm³/mol. The molecule has 4 aromatic carbocycles. The summed E-state index contributed by atoms with van der Waals surface area (Å²) in [4.78, 5) is 0. The Morgan fingerprint density at radius 2 is 1.23 bits per heavy atom. The Balaban J connectivity index is 1.60. The van der Waals surface area contributed by atoms with Crippen molar-refractivity contribution in [2.24, 2.45) is 0 Å². The Bertz CT molecular complexity index is 1420. The highest BCUT2D eigenvalue weighted by Crippen LogP contribution is 2.54. The van der Waals surface area contributed by atoms with Crippen molar-refractivity contribution in [3.8, 4) is 40.2 Å². The molecule has 0 aliphatic carbocycles. The Hall–Kier alpha value is -4.78. The molecule has 6 N–H and O–H groups in total. The van der Waals surface area contributed by atoms with Crippen molar-refractivity contribution in [2.75, 3.05) is 0 Å². The van der Waals surface area contributed by atoms with Crippen molar-refractivity contribution in [3.63, 3.8) is 0 Å². The van der Waals surface area contributed by atoms with Gasteiger partial charge in [-0.3, -0.25) is 0 Å². The number of ether oxygens (including phenoxy) is 1. The van der Waals surface area contributed by atoms with Crippen molar-refractivity contribution in [2.45, 2.75) is 12.0 Å². The first-order chi connectivity index (χ1) is 16.8. The van der Waals surface area contributed by atoms with Crippen LogP contribution in [-0.2, 0) is 0 Å². The van der Waals surface area contributed by atoms with Crippen molar-refractivity contribution < 1.29 is 35.4 Å². The first-order valence-corrected chi connectivity index (χ1v) is 10.8. The van der Waals surface area contributed by atoms with Gasteiger partial charge in [0.1, 0.15) is 34.9 Å². The van der Waals surface area contributed by atoms with Crippen molar-refractivity contribution >= 4 is 12.2 Å². The van der Waals surface area contributed by atoms with Crippen LogP contribution in [0.2, 0.25) is 0 Å². The molecule has 4 aromatic rings. The van der Waals surface area contributed by atoms with E-state index in [2.05, 4.69) is 0 Å². The fourth-order valence-corrected chi connectivity index (χ4v) is 4.39. The normalized spacial score (nSPS) is 16.8. The van der Waals surface area contributed by atoms with Gasteiger partial charge in [-0.15, -0.1) is 0 Å². The fraction of sp³-hybridized carbons (Fsp3) is 0.0714. The van der Waals surface area contributed by atoms with Gasteiger partial charge in [0.2, 0.25) is 0 Å². The fourth-order valence-electron chi connectivity index (χ4n) is 4.39. The zero-order valence-electron chi connectivity index (χ0n) is 18.3. The number of phenols is 6. The number of aromatic hydroxyl groups is 6. The molecule has 0 amide bonds. The lowest BCUT2D eigenvalue weighted by atomic mass is 9.84. The van der Waals surface area contributed by atoms with E-state index in [1.54, 1.807) is 48.5 Å². The Morgan fingerprint density at radius 1 is 0.543 bits per heavy atom. The molecule has 35 heavy (non-hydrogen) atoms. The van der Waals surface area contributed by atoms with Crippen LogP contribution in [0.4, 0.5) is 0 Å². The number of hydrogen-bond acceptors (Lipinski definition) is 7. The van der Waals surface area contributed by atoms with Gasteiger partial charge in [-0.1, -0.05) is 30.4 Å². The average molecular weight is 470 g/mol. The van der Waals surface area contributed by atoms with Crippen molar-refractivity contribution in [3.05, 3.63) is 101 Å². The summed E-state index contributed by atoms with van der Waals surface area (Å²) >= 11 is 0. The van der Waals surface area contributed by atoms with E-state index in [1.165, 1.54) is 30.3 Å². The molecule has 0 saturated heterocycles. The van der Waals surface area contributed by atoms with Crippen LogP contribution < -0.4 is 4.74 Å². The lowest BCUT2D eigenvalue weighted by Gasteiger charge is -2.21. The van der Waals surface area contributed by atoms with Gasteiger partial charge in [0.05, 0.1) is 5.92 Å². The zero-order valence-corrected chi connectivity index (χ0v) is 18.3. The first-order valence-electron chi connectivity index (χ1n) is 10.8. The molecule has 7 nitrogen and oxygen atoms in total. The monoisotopic (exact) mass is 470 g/mol. The molecule has 2 atom stereocenters. The molecule has 7 heteroatoms. The highest BCUT2D eigenvalue weighted by atomic mass is 16.5. The summed E-state index contributed by atoms with van der Waals surface area (Å²) in [5, 5.41) is 60.4. The van der Waals surface area contributed by atoms with Gasteiger partial charge in [-0.25, -0.2) is 0 Å². The lowest BCUT2D eigenvalue weighted by Crippen LogP contribution is -2.11. The number of rotatable bonds is 4. The average Bonchev–Trinajstić information content (AvgIpc) is 3.20. The molecule has 0 radical (unpaired) electrons. The predicted octanol–water partition coefficient (Wildman–Crippen LogP) is 5.36. The van der Waals surface area contributed by atoms with Crippen LogP contribution >= 0.6 is 0 Å². The van der Waals surface area contributed by atoms with Gasteiger partial charge in [0.15, 0.2) is 11.5 Å².